The maximum absolute atomic E-state index is 13.5. The summed E-state index contributed by atoms with van der Waals surface area (Å²) in [5.74, 6) is 0.475. The molecule has 0 bridgehead atoms. The van der Waals surface area contributed by atoms with Gasteiger partial charge >= 0.3 is 0 Å². The van der Waals surface area contributed by atoms with Gasteiger partial charge in [0.15, 0.2) is 0 Å². The van der Waals surface area contributed by atoms with Gasteiger partial charge < -0.3 is 14.0 Å². The third-order valence-electron chi connectivity index (χ3n) is 6.89. The fourth-order valence-electron chi connectivity index (χ4n) is 4.85. The summed E-state index contributed by atoms with van der Waals surface area (Å²) in [7, 11) is 0. The normalized spacial score (nSPS) is 13.1. The van der Waals surface area contributed by atoms with Crippen LogP contribution in [0, 0.1) is 13.8 Å². The Labute approximate surface area is 213 Å². The van der Waals surface area contributed by atoms with E-state index in [0.717, 1.165) is 28.8 Å². The van der Waals surface area contributed by atoms with E-state index in [9.17, 15) is 9.59 Å². The molecule has 8 heteroatoms. The molecule has 4 heterocycles. The fraction of sp³-hybridized carbons (Fsp3) is 0.207. The summed E-state index contributed by atoms with van der Waals surface area (Å²) in [5, 5.41) is 4.52. The number of aromatic nitrogens is 4. The summed E-state index contributed by atoms with van der Waals surface area (Å²) in [6.45, 7) is 5.08. The highest BCUT2D eigenvalue weighted by atomic mass is 16.5. The predicted molar refractivity (Wildman–Crippen MR) is 140 cm³/mol. The number of aryl methyl sites for hydroxylation is 2. The smallest absolute Gasteiger partial charge is 0.263 e. The Morgan fingerprint density at radius 3 is 2.57 bits per heavy atom. The molecule has 3 aromatic heterocycles. The lowest BCUT2D eigenvalue weighted by atomic mass is 10.00. The molecule has 8 nitrogen and oxygen atoms in total. The van der Waals surface area contributed by atoms with E-state index >= 15 is 0 Å². The van der Waals surface area contributed by atoms with Crippen LogP contribution in [0.25, 0.3) is 33.9 Å². The first-order valence-electron chi connectivity index (χ1n) is 12.2. The van der Waals surface area contributed by atoms with Crippen LogP contribution in [0.2, 0.25) is 0 Å². The largest absolute Gasteiger partial charge is 0.336 e. The molecule has 0 fully saturated rings. The van der Waals surface area contributed by atoms with Crippen molar-refractivity contribution in [2.45, 2.75) is 33.4 Å². The minimum Gasteiger partial charge on any atom is -0.336 e. The number of nitrogens with zero attached hydrogens (tertiary/aromatic N) is 5. The lowest BCUT2D eigenvalue weighted by Gasteiger charge is -2.29. The molecule has 2 aromatic carbocycles. The standard InChI is InChI=1S/C29H25N5O3/c1-18-7-3-6-10-22(18)27-31-29(37-32-27)24-16-34(28-23(26(24)36)12-11-19(2)30-28)17-25(35)33-14-13-20-8-4-5-9-21(20)15-33/h3-12,16H,13-15,17H2,1-2H3. The molecule has 184 valence electrons. The van der Waals surface area contributed by atoms with E-state index in [1.54, 1.807) is 22.9 Å². The molecule has 0 aliphatic carbocycles. The van der Waals surface area contributed by atoms with E-state index in [4.69, 9.17) is 4.52 Å². The number of amides is 1. The van der Waals surface area contributed by atoms with Gasteiger partial charge in [-0.2, -0.15) is 4.98 Å². The van der Waals surface area contributed by atoms with Crippen molar-refractivity contribution in [3.63, 3.8) is 0 Å². The van der Waals surface area contributed by atoms with E-state index in [2.05, 4.69) is 27.3 Å². The van der Waals surface area contributed by atoms with E-state index in [1.165, 1.54) is 5.56 Å². The van der Waals surface area contributed by atoms with Crippen molar-refractivity contribution in [3.05, 3.63) is 99.5 Å². The Hall–Kier alpha value is -4.59. The molecule has 0 spiro atoms. The summed E-state index contributed by atoms with van der Waals surface area (Å²) < 4.78 is 7.26. The molecule has 1 aliphatic rings. The Morgan fingerprint density at radius 1 is 0.946 bits per heavy atom. The van der Waals surface area contributed by atoms with Gasteiger partial charge in [0, 0.05) is 30.5 Å². The summed E-state index contributed by atoms with van der Waals surface area (Å²) in [5.41, 5.74) is 5.46. The average Bonchev–Trinajstić information content (AvgIpc) is 3.40. The first-order chi connectivity index (χ1) is 18.0. The molecule has 0 saturated heterocycles. The average molecular weight is 492 g/mol. The van der Waals surface area contributed by atoms with Crippen LogP contribution in [-0.4, -0.2) is 37.0 Å². The monoisotopic (exact) mass is 491 g/mol. The van der Waals surface area contributed by atoms with Gasteiger partial charge in [-0.25, -0.2) is 4.98 Å². The third kappa shape index (κ3) is 4.20. The number of hydrogen-bond acceptors (Lipinski definition) is 6. The van der Waals surface area contributed by atoms with Crippen LogP contribution in [-0.2, 0) is 24.3 Å². The van der Waals surface area contributed by atoms with Crippen LogP contribution in [0.1, 0.15) is 22.4 Å². The highest BCUT2D eigenvalue weighted by molar-refractivity contribution is 5.83. The molecule has 0 N–H and O–H groups in total. The van der Waals surface area contributed by atoms with Crippen LogP contribution in [0.3, 0.4) is 0 Å². The molecule has 0 atom stereocenters. The van der Waals surface area contributed by atoms with Gasteiger partial charge in [-0.1, -0.05) is 53.7 Å². The molecule has 0 unspecified atom stereocenters. The third-order valence-corrected chi connectivity index (χ3v) is 6.89. The molecular weight excluding hydrogens is 466 g/mol. The molecule has 0 saturated carbocycles. The highest BCUT2D eigenvalue weighted by Gasteiger charge is 2.23. The number of fused-ring (bicyclic) bond motifs is 2. The lowest BCUT2D eigenvalue weighted by Crippen LogP contribution is -2.38. The maximum atomic E-state index is 13.5. The molecule has 37 heavy (non-hydrogen) atoms. The summed E-state index contributed by atoms with van der Waals surface area (Å²) in [6.07, 6.45) is 2.43. The summed E-state index contributed by atoms with van der Waals surface area (Å²) in [6, 6.07) is 19.4. The number of rotatable bonds is 4. The zero-order chi connectivity index (χ0) is 25.5. The zero-order valence-electron chi connectivity index (χ0n) is 20.6. The maximum Gasteiger partial charge on any atom is 0.263 e. The Bertz CT molecular complexity index is 1720. The van der Waals surface area contributed by atoms with Crippen molar-refractivity contribution < 1.29 is 9.32 Å². The van der Waals surface area contributed by atoms with Crippen LogP contribution in [0.4, 0.5) is 0 Å². The minimum atomic E-state index is -0.266. The van der Waals surface area contributed by atoms with E-state index < -0.39 is 0 Å². The van der Waals surface area contributed by atoms with Crippen molar-refractivity contribution in [1.29, 1.82) is 0 Å². The lowest BCUT2D eigenvalue weighted by molar-refractivity contribution is -0.132. The molecule has 0 radical (unpaired) electrons. The van der Waals surface area contributed by atoms with Gasteiger partial charge in [-0.3, -0.25) is 9.59 Å². The van der Waals surface area contributed by atoms with Crippen molar-refractivity contribution in [3.8, 4) is 22.8 Å². The number of carbonyl (C=O) groups is 1. The molecule has 1 aliphatic heterocycles. The van der Waals surface area contributed by atoms with Crippen molar-refractivity contribution in [2.24, 2.45) is 0 Å². The van der Waals surface area contributed by atoms with E-state index in [1.807, 2.05) is 55.1 Å². The summed E-state index contributed by atoms with van der Waals surface area (Å²) in [4.78, 5) is 37.8. The number of hydrogen-bond donors (Lipinski definition) is 0. The second-order valence-electron chi connectivity index (χ2n) is 9.40. The molecule has 5 aromatic rings. The molecular formula is C29H25N5O3. The van der Waals surface area contributed by atoms with Gasteiger partial charge in [0.2, 0.25) is 17.2 Å². The van der Waals surface area contributed by atoms with Gasteiger partial charge in [0.05, 0.1) is 5.39 Å². The van der Waals surface area contributed by atoms with E-state index in [0.29, 0.717) is 29.9 Å². The quantitative estimate of drug-likeness (QED) is 0.372. The first-order valence-corrected chi connectivity index (χ1v) is 12.2. The van der Waals surface area contributed by atoms with Crippen LogP contribution < -0.4 is 5.43 Å². The number of benzene rings is 2. The van der Waals surface area contributed by atoms with E-state index in [-0.39, 0.29) is 29.3 Å². The van der Waals surface area contributed by atoms with Crippen molar-refractivity contribution in [2.75, 3.05) is 6.54 Å². The molecule has 6 rings (SSSR count). The summed E-state index contributed by atoms with van der Waals surface area (Å²) >= 11 is 0. The molecule has 1 amide bonds. The van der Waals surface area contributed by atoms with Gasteiger partial charge in [0.25, 0.3) is 5.89 Å². The highest BCUT2D eigenvalue weighted by Crippen LogP contribution is 2.25. The Kier molecular flexibility index (Phi) is 5.64. The SMILES string of the molecule is Cc1ccc2c(=O)c(-c3nc(-c4ccccc4C)no3)cn(CC(=O)N3CCc4ccccc4C3)c2n1. The van der Waals surface area contributed by atoms with Gasteiger partial charge in [-0.05, 0) is 49.1 Å². The Balaban J connectivity index is 1.39. The fourth-order valence-corrected chi connectivity index (χ4v) is 4.85. The topological polar surface area (TPSA) is 94.1 Å². The second kappa shape index (κ2) is 9.13. The van der Waals surface area contributed by atoms with Gasteiger partial charge in [-0.15, -0.1) is 0 Å². The Morgan fingerprint density at radius 2 is 1.73 bits per heavy atom. The van der Waals surface area contributed by atoms with Crippen LogP contribution in [0.5, 0.6) is 0 Å². The predicted octanol–water partition coefficient (Wildman–Crippen LogP) is 4.32. The van der Waals surface area contributed by atoms with Crippen LogP contribution >= 0.6 is 0 Å². The minimum absolute atomic E-state index is 0.0418. The zero-order valence-corrected chi connectivity index (χ0v) is 20.6. The second-order valence-corrected chi connectivity index (χ2v) is 9.40. The first kappa shape index (κ1) is 22.8. The number of pyridine rings is 2. The number of carbonyl (C=O) groups excluding carboxylic acids is 1. The van der Waals surface area contributed by atoms with Crippen LogP contribution in [0.15, 0.2) is 76.2 Å². The van der Waals surface area contributed by atoms with Crippen molar-refractivity contribution in [1.82, 2.24) is 24.6 Å². The van der Waals surface area contributed by atoms with Gasteiger partial charge in [0.1, 0.15) is 17.8 Å². The van der Waals surface area contributed by atoms with Crippen molar-refractivity contribution >= 4 is 16.9 Å².